The molecule has 0 saturated carbocycles. The highest BCUT2D eigenvalue weighted by atomic mass is 16.5. The number of aliphatic hydroxyl groups is 1. The van der Waals surface area contributed by atoms with Gasteiger partial charge in [-0.25, -0.2) is 0 Å². The smallest absolute Gasteiger partial charge is 0.123 e. The van der Waals surface area contributed by atoms with E-state index in [1.54, 1.807) is 14.2 Å². The van der Waals surface area contributed by atoms with E-state index in [1.807, 2.05) is 18.2 Å². The van der Waals surface area contributed by atoms with Gasteiger partial charge < -0.3 is 19.9 Å². The van der Waals surface area contributed by atoms with Gasteiger partial charge in [-0.2, -0.15) is 0 Å². The third-order valence-corrected chi connectivity index (χ3v) is 3.84. The Bertz CT molecular complexity index is 409. The van der Waals surface area contributed by atoms with Crippen LogP contribution >= 0.6 is 0 Å². The van der Waals surface area contributed by atoms with E-state index in [0.717, 1.165) is 23.5 Å². The van der Waals surface area contributed by atoms with Gasteiger partial charge in [-0.05, 0) is 31.0 Å². The van der Waals surface area contributed by atoms with Crippen LogP contribution in [-0.4, -0.2) is 32.0 Å². The van der Waals surface area contributed by atoms with E-state index in [0.29, 0.717) is 12.5 Å². The fourth-order valence-electron chi connectivity index (χ4n) is 2.06. The van der Waals surface area contributed by atoms with Crippen LogP contribution in [0.15, 0.2) is 18.2 Å². The molecule has 0 bridgehead atoms. The van der Waals surface area contributed by atoms with Gasteiger partial charge in [0.1, 0.15) is 11.5 Å². The fourth-order valence-corrected chi connectivity index (χ4v) is 2.06. The second kappa shape index (κ2) is 8.12. The second-order valence-electron chi connectivity index (χ2n) is 5.19. The summed E-state index contributed by atoms with van der Waals surface area (Å²) in [6.45, 7) is 6.77. The van der Waals surface area contributed by atoms with E-state index in [4.69, 9.17) is 9.47 Å². The summed E-state index contributed by atoms with van der Waals surface area (Å²) >= 11 is 0. The molecule has 0 aliphatic rings. The van der Waals surface area contributed by atoms with E-state index in [2.05, 4.69) is 26.1 Å². The maximum atomic E-state index is 10.0. The molecule has 0 radical (unpaired) electrons. The Morgan fingerprint density at radius 3 is 2.45 bits per heavy atom. The summed E-state index contributed by atoms with van der Waals surface area (Å²) in [5.74, 6) is 1.92. The molecule has 3 atom stereocenters. The first-order valence-electron chi connectivity index (χ1n) is 7.16. The molecule has 0 amide bonds. The van der Waals surface area contributed by atoms with Crippen molar-refractivity contribution in [1.29, 1.82) is 0 Å². The summed E-state index contributed by atoms with van der Waals surface area (Å²) < 4.78 is 10.6. The highest BCUT2D eigenvalue weighted by molar-refractivity contribution is 5.42. The maximum absolute atomic E-state index is 10.0. The van der Waals surface area contributed by atoms with Crippen LogP contribution < -0.4 is 14.8 Å². The maximum Gasteiger partial charge on any atom is 0.123 e. The highest BCUT2D eigenvalue weighted by Gasteiger charge is 2.16. The summed E-state index contributed by atoms with van der Waals surface area (Å²) in [6, 6.07) is 5.82. The molecule has 0 spiro atoms. The Morgan fingerprint density at radius 1 is 1.20 bits per heavy atom. The summed E-state index contributed by atoms with van der Waals surface area (Å²) in [5, 5.41) is 13.4. The van der Waals surface area contributed by atoms with Gasteiger partial charge in [0.2, 0.25) is 0 Å². The molecule has 3 unspecified atom stereocenters. The molecule has 0 fully saturated rings. The van der Waals surface area contributed by atoms with Crippen LogP contribution in [0.1, 0.15) is 38.8 Å². The van der Waals surface area contributed by atoms with E-state index >= 15 is 0 Å². The first kappa shape index (κ1) is 16.8. The largest absolute Gasteiger partial charge is 0.497 e. The standard InChI is InChI=1S/C16H27NO3/c1-6-11(2)15(18)10-17-12(3)14-9-13(19-4)7-8-16(14)20-5/h7-9,11-12,15,17-18H,6,10H2,1-5H3. The van der Waals surface area contributed by atoms with E-state index in [-0.39, 0.29) is 12.1 Å². The average Bonchev–Trinajstić information content (AvgIpc) is 2.50. The number of aliphatic hydroxyl groups excluding tert-OH is 1. The zero-order valence-electron chi connectivity index (χ0n) is 13.1. The van der Waals surface area contributed by atoms with Crippen molar-refractivity contribution in [2.75, 3.05) is 20.8 Å². The topological polar surface area (TPSA) is 50.7 Å². The van der Waals surface area contributed by atoms with Crippen molar-refractivity contribution in [2.24, 2.45) is 5.92 Å². The van der Waals surface area contributed by atoms with Crippen molar-refractivity contribution in [3.63, 3.8) is 0 Å². The summed E-state index contributed by atoms with van der Waals surface area (Å²) in [7, 11) is 3.31. The molecule has 1 rings (SSSR count). The molecule has 0 aliphatic carbocycles. The highest BCUT2D eigenvalue weighted by Crippen LogP contribution is 2.29. The van der Waals surface area contributed by atoms with Gasteiger partial charge in [0.25, 0.3) is 0 Å². The van der Waals surface area contributed by atoms with Crippen LogP contribution in [-0.2, 0) is 0 Å². The van der Waals surface area contributed by atoms with Gasteiger partial charge in [0.15, 0.2) is 0 Å². The zero-order chi connectivity index (χ0) is 15.1. The van der Waals surface area contributed by atoms with Crippen LogP contribution in [0.5, 0.6) is 11.5 Å². The zero-order valence-corrected chi connectivity index (χ0v) is 13.1. The normalized spacial score (nSPS) is 15.5. The second-order valence-corrected chi connectivity index (χ2v) is 5.19. The molecule has 1 aromatic rings. The minimum Gasteiger partial charge on any atom is -0.497 e. The van der Waals surface area contributed by atoms with Crippen LogP contribution in [0.4, 0.5) is 0 Å². The number of rotatable bonds is 8. The minimum absolute atomic E-state index is 0.0822. The SMILES string of the molecule is CCC(C)C(O)CNC(C)c1cc(OC)ccc1OC. The Labute approximate surface area is 122 Å². The van der Waals surface area contributed by atoms with Gasteiger partial charge in [-0.1, -0.05) is 20.3 Å². The number of hydrogen-bond donors (Lipinski definition) is 2. The third kappa shape index (κ3) is 4.39. The van der Waals surface area contributed by atoms with E-state index in [1.165, 1.54) is 0 Å². The average molecular weight is 281 g/mol. The molecule has 1 aromatic carbocycles. The fraction of sp³-hybridized carbons (Fsp3) is 0.625. The molecule has 0 saturated heterocycles. The summed E-state index contributed by atoms with van der Waals surface area (Å²) in [5.41, 5.74) is 1.03. The number of nitrogens with one attached hydrogen (secondary N) is 1. The first-order chi connectivity index (χ1) is 9.53. The number of methoxy groups -OCH3 is 2. The van der Waals surface area contributed by atoms with Gasteiger partial charge in [0.05, 0.1) is 20.3 Å². The van der Waals surface area contributed by atoms with E-state index < -0.39 is 0 Å². The first-order valence-corrected chi connectivity index (χ1v) is 7.16. The van der Waals surface area contributed by atoms with Crippen LogP contribution in [0.25, 0.3) is 0 Å². The van der Waals surface area contributed by atoms with Crippen molar-refractivity contribution in [2.45, 2.75) is 39.3 Å². The summed E-state index contributed by atoms with van der Waals surface area (Å²) in [4.78, 5) is 0. The Balaban J connectivity index is 2.73. The Kier molecular flexibility index (Phi) is 6.82. The Morgan fingerprint density at radius 2 is 1.90 bits per heavy atom. The van der Waals surface area contributed by atoms with Crippen molar-refractivity contribution in [1.82, 2.24) is 5.32 Å². The molecule has 4 nitrogen and oxygen atoms in total. The predicted molar refractivity (Wildman–Crippen MR) is 81.4 cm³/mol. The van der Waals surface area contributed by atoms with Gasteiger partial charge in [-0.15, -0.1) is 0 Å². The number of benzene rings is 1. The molecular formula is C16H27NO3. The molecule has 2 N–H and O–H groups in total. The van der Waals surface area contributed by atoms with Crippen LogP contribution in [0.3, 0.4) is 0 Å². The lowest BCUT2D eigenvalue weighted by molar-refractivity contribution is 0.110. The quantitative estimate of drug-likeness (QED) is 0.769. The van der Waals surface area contributed by atoms with Crippen molar-refractivity contribution >= 4 is 0 Å². The van der Waals surface area contributed by atoms with Crippen LogP contribution in [0.2, 0.25) is 0 Å². The monoisotopic (exact) mass is 281 g/mol. The lowest BCUT2D eigenvalue weighted by Gasteiger charge is -2.22. The van der Waals surface area contributed by atoms with Crippen LogP contribution in [0, 0.1) is 5.92 Å². The minimum atomic E-state index is -0.334. The van der Waals surface area contributed by atoms with E-state index in [9.17, 15) is 5.11 Å². The van der Waals surface area contributed by atoms with Gasteiger partial charge >= 0.3 is 0 Å². The summed E-state index contributed by atoms with van der Waals surface area (Å²) in [6.07, 6.45) is 0.638. The molecule has 0 heterocycles. The molecule has 4 heteroatoms. The number of ether oxygens (including phenoxy) is 2. The van der Waals surface area contributed by atoms with Gasteiger partial charge in [0, 0.05) is 18.2 Å². The molecule has 0 aromatic heterocycles. The molecule has 114 valence electrons. The lowest BCUT2D eigenvalue weighted by atomic mass is 10.0. The number of hydrogen-bond acceptors (Lipinski definition) is 4. The molecule has 20 heavy (non-hydrogen) atoms. The third-order valence-electron chi connectivity index (χ3n) is 3.84. The van der Waals surface area contributed by atoms with Crippen molar-refractivity contribution in [3.8, 4) is 11.5 Å². The predicted octanol–water partition coefficient (Wildman–Crippen LogP) is 2.76. The van der Waals surface area contributed by atoms with Crippen molar-refractivity contribution in [3.05, 3.63) is 23.8 Å². The lowest BCUT2D eigenvalue weighted by Crippen LogP contribution is -2.33. The van der Waals surface area contributed by atoms with Crippen molar-refractivity contribution < 1.29 is 14.6 Å². The van der Waals surface area contributed by atoms with Gasteiger partial charge in [-0.3, -0.25) is 0 Å². The Hall–Kier alpha value is -1.26. The molecule has 0 aliphatic heterocycles. The molecular weight excluding hydrogens is 254 g/mol.